The predicted molar refractivity (Wildman–Crippen MR) is 68.4 cm³/mol. The Hall–Kier alpha value is -1.22. The summed E-state index contributed by atoms with van der Waals surface area (Å²) in [5, 5.41) is 0. The molecule has 0 aliphatic heterocycles. The van der Waals surface area contributed by atoms with Crippen molar-refractivity contribution in [3.63, 3.8) is 0 Å². The molecule has 1 aromatic carbocycles. The number of hydrogen-bond donors (Lipinski definition) is 1. The Morgan fingerprint density at radius 1 is 1.35 bits per heavy atom. The van der Waals surface area contributed by atoms with Gasteiger partial charge < -0.3 is 15.2 Å². The smallest absolute Gasteiger partial charge is 0.161 e. The Bertz CT molecular complexity index is 374. The first-order valence-electron chi connectivity index (χ1n) is 6.31. The number of benzene rings is 1. The molecule has 17 heavy (non-hydrogen) atoms. The fraction of sp³-hybridized carbons (Fsp3) is 0.571. The lowest BCUT2D eigenvalue weighted by molar-refractivity contribution is 0.310. The number of methoxy groups -OCH3 is 1. The lowest BCUT2D eigenvalue weighted by Crippen LogP contribution is -2.11. The molecule has 1 aliphatic carbocycles. The van der Waals surface area contributed by atoms with E-state index in [0.717, 1.165) is 29.4 Å². The number of nitrogens with two attached hydrogens (primary N) is 1. The average Bonchev–Trinajstić information content (AvgIpc) is 3.13. The van der Waals surface area contributed by atoms with Crippen molar-refractivity contribution in [1.82, 2.24) is 0 Å². The van der Waals surface area contributed by atoms with Gasteiger partial charge in [0.15, 0.2) is 11.5 Å². The van der Waals surface area contributed by atoms with E-state index in [0.29, 0.717) is 6.61 Å². The van der Waals surface area contributed by atoms with Crippen LogP contribution in [0.2, 0.25) is 0 Å². The highest BCUT2D eigenvalue weighted by Crippen LogP contribution is 2.38. The molecular weight excluding hydrogens is 214 g/mol. The molecule has 3 nitrogen and oxygen atoms in total. The second kappa shape index (κ2) is 5.41. The molecular formula is C14H21NO2. The molecule has 1 aliphatic rings. The molecule has 0 unspecified atom stereocenters. The monoisotopic (exact) mass is 235 g/mol. The maximum absolute atomic E-state index is 6.19. The fourth-order valence-electron chi connectivity index (χ4n) is 2.04. The zero-order valence-corrected chi connectivity index (χ0v) is 10.6. The molecule has 0 bridgehead atoms. The summed E-state index contributed by atoms with van der Waals surface area (Å²) in [6, 6.07) is 6.11. The van der Waals surface area contributed by atoms with Gasteiger partial charge in [-0.15, -0.1) is 0 Å². The van der Waals surface area contributed by atoms with E-state index in [2.05, 4.69) is 0 Å². The van der Waals surface area contributed by atoms with E-state index >= 15 is 0 Å². The van der Waals surface area contributed by atoms with Crippen LogP contribution in [0.3, 0.4) is 0 Å². The maximum Gasteiger partial charge on any atom is 0.161 e. The SMILES string of the molecule is CCOc1ccc([C@@H](N)CC2CC2)cc1OC. The largest absolute Gasteiger partial charge is 0.493 e. The van der Waals surface area contributed by atoms with E-state index in [1.165, 1.54) is 12.8 Å². The van der Waals surface area contributed by atoms with Crippen molar-refractivity contribution in [1.29, 1.82) is 0 Å². The van der Waals surface area contributed by atoms with Crippen molar-refractivity contribution in [2.24, 2.45) is 11.7 Å². The highest BCUT2D eigenvalue weighted by molar-refractivity contribution is 5.43. The Morgan fingerprint density at radius 3 is 2.71 bits per heavy atom. The Balaban J connectivity index is 2.11. The quantitative estimate of drug-likeness (QED) is 0.824. The molecule has 2 N–H and O–H groups in total. The molecule has 0 radical (unpaired) electrons. The van der Waals surface area contributed by atoms with Gasteiger partial charge in [-0.2, -0.15) is 0 Å². The first-order chi connectivity index (χ1) is 8.24. The van der Waals surface area contributed by atoms with Crippen LogP contribution in [0, 0.1) is 5.92 Å². The molecule has 1 atom stereocenters. The van der Waals surface area contributed by atoms with Crippen molar-refractivity contribution in [2.75, 3.05) is 13.7 Å². The maximum atomic E-state index is 6.19. The van der Waals surface area contributed by atoms with Gasteiger partial charge in [-0.1, -0.05) is 18.9 Å². The van der Waals surface area contributed by atoms with Crippen LogP contribution >= 0.6 is 0 Å². The van der Waals surface area contributed by atoms with Crippen molar-refractivity contribution >= 4 is 0 Å². The summed E-state index contributed by atoms with van der Waals surface area (Å²) in [6.45, 7) is 2.61. The molecule has 1 fully saturated rings. The number of hydrogen-bond acceptors (Lipinski definition) is 3. The van der Waals surface area contributed by atoms with Crippen LogP contribution in [0.15, 0.2) is 18.2 Å². The topological polar surface area (TPSA) is 44.5 Å². The number of rotatable bonds is 6. The van der Waals surface area contributed by atoms with Gasteiger partial charge in [-0.3, -0.25) is 0 Å². The Labute approximate surface area is 103 Å². The summed E-state index contributed by atoms with van der Waals surface area (Å²) in [6.07, 6.45) is 3.75. The summed E-state index contributed by atoms with van der Waals surface area (Å²) < 4.78 is 10.8. The number of ether oxygens (including phenoxy) is 2. The van der Waals surface area contributed by atoms with Crippen LogP contribution in [-0.2, 0) is 0 Å². The van der Waals surface area contributed by atoms with Gasteiger partial charge in [0.1, 0.15) is 0 Å². The zero-order chi connectivity index (χ0) is 12.3. The molecule has 0 amide bonds. The molecule has 1 aromatic rings. The normalized spacial score (nSPS) is 16.6. The van der Waals surface area contributed by atoms with E-state index in [1.807, 2.05) is 25.1 Å². The van der Waals surface area contributed by atoms with E-state index < -0.39 is 0 Å². The minimum atomic E-state index is 0.118. The van der Waals surface area contributed by atoms with Crippen molar-refractivity contribution in [3.05, 3.63) is 23.8 Å². The van der Waals surface area contributed by atoms with Crippen LogP contribution in [0.5, 0.6) is 11.5 Å². The van der Waals surface area contributed by atoms with Crippen molar-refractivity contribution < 1.29 is 9.47 Å². The molecule has 0 heterocycles. The lowest BCUT2D eigenvalue weighted by atomic mass is 10.0. The van der Waals surface area contributed by atoms with Gasteiger partial charge in [0.05, 0.1) is 13.7 Å². The van der Waals surface area contributed by atoms with E-state index in [1.54, 1.807) is 7.11 Å². The van der Waals surface area contributed by atoms with E-state index in [4.69, 9.17) is 15.2 Å². The zero-order valence-electron chi connectivity index (χ0n) is 10.6. The van der Waals surface area contributed by atoms with Gasteiger partial charge in [0.25, 0.3) is 0 Å². The summed E-state index contributed by atoms with van der Waals surface area (Å²) in [5.74, 6) is 2.40. The first kappa shape index (κ1) is 12.2. The summed E-state index contributed by atoms with van der Waals surface area (Å²) in [7, 11) is 1.66. The van der Waals surface area contributed by atoms with Crippen LogP contribution in [0.25, 0.3) is 0 Å². The Morgan fingerprint density at radius 2 is 2.12 bits per heavy atom. The second-order valence-electron chi connectivity index (χ2n) is 4.63. The standard InChI is InChI=1S/C14H21NO2/c1-3-17-13-7-6-11(9-14(13)16-2)12(15)8-10-4-5-10/h6-7,9-10,12H,3-5,8,15H2,1-2H3/t12-/m0/s1. The molecule has 0 saturated heterocycles. The van der Waals surface area contributed by atoms with Crippen LogP contribution in [0.4, 0.5) is 0 Å². The van der Waals surface area contributed by atoms with Crippen LogP contribution < -0.4 is 15.2 Å². The van der Waals surface area contributed by atoms with Gasteiger partial charge in [0.2, 0.25) is 0 Å². The van der Waals surface area contributed by atoms with Crippen molar-refractivity contribution in [3.8, 4) is 11.5 Å². The third kappa shape index (κ3) is 3.13. The van der Waals surface area contributed by atoms with Gasteiger partial charge in [-0.25, -0.2) is 0 Å². The van der Waals surface area contributed by atoms with Gasteiger partial charge >= 0.3 is 0 Å². The molecule has 0 aromatic heterocycles. The third-order valence-corrected chi connectivity index (χ3v) is 3.20. The van der Waals surface area contributed by atoms with Crippen LogP contribution in [0.1, 0.15) is 37.8 Å². The Kier molecular flexibility index (Phi) is 3.89. The highest BCUT2D eigenvalue weighted by atomic mass is 16.5. The minimum absolute atomic E-state index is 0.118. The highest BCUT2D eigenvalue weighted by Gasteiger charge is 2.24. The van der Waals surface area contributed by atoms with Gasteiger partial charge in [0, 0.05) is 6.04 Å². The minimum Gasteiger partial charge on any atom is -0.493 e. The summed E-state index contributed by atoms with van der Waals surface area (Å²) in [5.41, 5.74) is 7.32. The molecule has 3 heteroatoms. The first-order valence-corrected chi connectivity index (χ1v) is 6.31. The van der Waals surface area contributed by atoms with Crippen LogP contribution in [-0.4, -0.2) is 13.7 Å². The van der Waals surface area contributed by atoms with Crippen molar-refractivity contribution in [2.45, 2.75) is 32.2 Å². The fourth-order valence-corrected chi connectivity index (χ4v) is 2.04. The van der Waals surface area contributed by atoms with Gasteiger partial charge in [-0.05, 0) is 37.0 Å². The van der Waals surface area contributed by atoms with E-state index in [-0.39, 0.29) is 6.04 Å². The second-order valence-corrected chi connectivity index (χ2v) is 4.63. The molecule has 0 spiro atoms. The predicted octanol–water partition coefficient (Wildman–Crippen LogP) is 2.89. The third-order valence-electron chi connectivity index (χ3n) is 3.20. The average molecular weight is 235 g/mol. The molecule has 1 saturated carbocycles. The summed E-state index contributed by atoms with van der Waals surface area (Å²) in [4.78, 5) is 0. The van der Waals surface area contributed by atoms with E-state index in [9.17, 15) is 0 Å². The molecule has 94 valence electrons. The lowest BCUT2D eigenvalue weighted by Gasteiger charge is -2.15. The molecule has 2 rings (SSSR count). The summed E-state index contributed by atoms with van der Waals surface area (Å²) >= 11 is 0.